The van der Waals surface area contributed by atoms with Crippen molar-refractivity contribution in [2.24, 2.45) is 0 Å². The van der Waals surface area contributed by atoms with E-state index in [9.17, 15) is 23.4 Å². The lowest BCUT2D eigenvalue weighted by atomic mass is 9.90. The Labute approximate surface area is 102 Å². The molecule has 1 saturated heterocycles. The van der Waals surface area contributed by atoms with Gasteiger partial charge in [-0.3, -0.25) is 0 Å². The van der Waals surface area contributed by atoms with Gasteiger partial charge in [0.1, 0.15) is 5.75 Å². The number of halogens is 3. The van der Waals surface area contributed by atoms with Crippen LogP contribution in [0, 0.1) is 0 Å². The molecule has 0 spiro atoms. The first kappa shape index (κ1) is 13.2. The third-order valence-corrected chi connectivity index (χ3v) is 3.00. The number of aliphatic hydroxyl groups is 1. The van der Waals surface area contributed by atoms with Crippen molar-refractivity contribution in [3.8, 4) is 5.75 Å². The van der Waals surface area contributed by atoms with Crippen LogP contribution in [0.25, 0.3) is 0 Å². The molecule has 1 aromatic carbocycles. The predicted octanol–water partition coefficient (Wildman–Crippen LogP) is 2.62. The fourth-order valence-electron chi connectivity index (χ4n) is 2.11. The number of benzene rings is 1. The maximum absolute atomic E-state index is 12.6. The first-order valence-corrected chi connectivity index (χ1v) is 5.57. The Bertz CT molecular complexity index is 431. The molecule has 2 atom stereocenters. The SMILES string of the molecule is Oc1cc(C2CCOC(O)C2)cc(C(F)(F)F)c1. The number of alkyl halides is 3. The quantitative estimate of drug-likeness (QED) is 0.818. The van der Waals surface area contributed by atoms with E-state index >= 15 is 0 Å². The van der Waals surface area contributed by atoms with E-state index < -0.39 is 23.8 Å². The fraction of sp³-hybridized carbons (Fsp3) is 0.500. The lowest BCUT2D eigenvalue weighted by molar-refractivity contribution is -0.137. The largest absolute Gasteiger partial charge is 0.508 e. The minimum atomic E-state index is -4.49. The van der Waals surface area contributed by atoms with Crippen molar-refractivity contribution in [1.29, 1.82) is 0 Å². The van der Waals surface area contributed by atoms with Crippen LogP contribution in [0.2, 0.25) is 0 Å². The number of ether oxygens (including phenoxy) is 1. The Hall–Kier alpha value is -1.27. The summed E-state index contributed by atoms with van der Waals surface area (Å²) in [6, 6.07) is 3.01. The zero-order valence-corrected chi connectivity index (χ0v) is 9.44. The van der Waals surface area contributed by atoms with Crippen LogP contribution < -0.4 is 0 Å². The fourth-order valence-corrected chi connectivity index (χ4v) is 2.11. The van der Waals surface area contributed by atoms with Gasteiger partial charge in [-0.25, -0.2) is 0 Å². The normalized spacial score (nSPS) is 25.1. The van der Waals surface area contributed by atoms with E-state index in [0.717, 1.165) is 6.07 Å². The number of phenolic OH excluding ortho intramolecular Hbond substituents is 1. The van der Waals surface area contributed by atoms with Gasteiger partial charge in [0.05, 0.1) is 12.2 Å². The average molecular weight is 262 g/mol. The summed E-state index contributed by atoms with van der Waals surface area (Å²) in [6.45, 7) is 0.294. The van der Waals surface area contributed by atoms with Gasteiger partial charge >= 0.3 is 6.18 Å². The zero-order valence-electron chi connectivity index (χ0n) is 9.44. The highest BCUT2D eigenvalue weighted by Gasteiger charge is 2.32. The van der Waals surface area contributed by atoms with Crippen molar-refractivity contribution in [2.45, 2.75) is 31.2 Å². The maximum Gasteiger partial charge on any atom is 0.416 e. The molecule has 1 aliphatic rings. The van der Waals surface area contributed by atoms with Gasteiger partial charge in [-0.15, -0.1) is 0 Å². The third-order valence-electron chi connectivity index (χ3n) is 3.00. The molecular formula is C12H13F3O3. The summed E-state index contributed by atoms with van der Waals surface area (Å²) in [5.74, 6) is -0.650. The molecule has 0 amide bonds. The van der Waals surface area contributed by atoms with E-state index in [2.05, 4.69) is 0 Å². The predicted molar refractivity (Wildman–Crippen MR) is 57.0 cm³/mol. The van der Waals surface area contributed by atoms with Crippen LogP contribution in [-0.4, -0.2) is 23.1 Å². The molecule has 1 aromatic rings. The van der Waals surface area contributed by atoms with Gasteiger partial charge in [-0.05, 0) is 36.1 Å². The highest BCUT2D eigenvalue weighted by atomic mass is 19.4. The Kier molecular flexibility index (Phi) is 3.49. The van der Waals surface area contributed by atoms with Crippen LogP contribution in [0.1, 0.15) is 29.9 Å². The second kappa shape index (κ2) is 4.78. The lowest BCUT2D eigenvalue weighted by Crippen LogP contribution is -2.24. The van der Waals surface area contributed by atoms with E-state index in [4.69, 9.17) is 4.74 Å². The van der Waals surface area contributed by atoms with Crippen molar-refractivity contribution in [3.05, 3.63) is 29.3 Å². The van der Waals surface area contributed by atoms with E-state index in [1.807, 2.05) is 0 Å². The minimum absolute atomic E-state index is 0.234. The van der Waals surface area contributed by atoms with Crippen molar-refractivity contribution in [3.63, 3.8) is 0 Å². The first-order chi connectivity index (χ1) is 8.36. The molecule has 3 nitrogen and oxygen atoms in total. The second-order valence-corrected chi connectivity index (χ2v) is 4.36. The summed E-state index contributed by atoms with van der Waals surface area (Å²) in [7, 11) is 0. The molecule has 0 saturated carbocycles. The Morgan fingerprint density at radius 3 is 2.56 bits per heavy atom. The Morgan fingerprint density at radius 2 is 1.94 bits per heavy atom. The van der Waals surface area contributed by atoms with Crippen molar-refractivity contribution in [2.75, 3.05) is 6.61 Å². The molecule has 0 aliphatic carbocycles. The van der Waals surface area contributed by atoms with Gasteiger partial charge in [-0.2, -0.15) is 13.2 Å². The van der Waals surface area contributed by atoms with Gasteiger partial charge in [0.2, 0.25) is 0 Å². The third kappa shape index (κ3) is 2.94. The number of phenols is 1. The van der Waals surface area contributed by atoms with Gasteiger partial charge < -0.3 is 14.9 Å². The number of aromatic hydroxyl groups is 1. The molecule has 0 radical (unpaired) electrons. The number of hydrogen-bond donors (Lipinski definition) is 2. The number of aliphatic hydroxyl groups excluding tert-OH is 1. The second-order valence-electron chi connectivity index (χ2n) is 4.36. The molecule has 2 N–H and O–H groups in total. The molecule has 18 heavy (non-hydrogen) atoms. The van der Waals surface area contributed by atoms with E-state index in [1.165, 1.54) is 6.07 Å². The summed E-state index contributed by atoms with van der Waals surface area (Å²) < 4.78 is 42.7. The van der Waals surface area contributed by atoms with E-state index in [-0.39, 0.29) is 12.3 Å². The van der Waals surface area contributed by atoms with Crippen LogP contribution in [0.4, 0.5) is 13.2 Å². The average Bonchev–Trinajstić information content (AvgIpc) is 2.27. The van der Waals surface area contributed by atoms with Crippen molar-refractivity contribution < 1.29 is 28.1 Å². The van der Waals surface area contributed by atoms with Gasteiger partial charge in [0.15, 0.2) is 6.29 Å². The van der Waals surface area contributed by atoms with Gasteiger partial charge in [-0.1, -0.05) is 0 Å². The van der Waals surface area contributed by atoms with E-state index in [1.54, 1.807) is 0 Å². The molecule has 1 aliphatic heterocycles. The highest BCUT2D eigenvalue weighted by molar-refractivity contribution is 5.37. The molecule has 100 valence electrons. The van der Waals surface area contributed by atoms with Crippen molar-refractivity contribution >= 4 is 0 Å². The molecule has 2 unspecified atom stereocenters. The van der Waals surface area contributed by atoms with E-state index in [0.29, 0.717) is 24.7 Å². The lowest BCUT2D eigenvalue weighted by Gasteiger charge is -2.27. The zero-order chi connectivity index (χ0) is 13.3. The number of hydrogen-bond acceptors (Lipinski definition) is 3. The van der Waals surface area contributed by atoms with Gasteiger partial charge in [0, 0.05) is 6.42 Å². The van der Waals surface area contributed by atoms with Crippen LogP contribution in [0.15, 0.2) is 18.2 Å². The Morgan fingerprint density at radius 1 is 1.22 bits per heavy atom. The minimum Gasteiger partial charge on any atom is -0.508 e. The molecule has 0 bridgehead atoms. The molecule has 0 aromatic heterocycles. The van der Waals surface area contributed by atoms with Crippen molar-refractivity contribution in [1.82, 2.24) is 0 Å². The summed E-state index contributed by atoms with van der Waals surface area (Å²) in [6.07, 6.45) is -4.68. The van der Waals surface area contributed by atoms with Crippen LogP contribution in [0.3, 0.4) is 0 Å². The standard InChI is InChI=1S/C12H13F3O3/c13-12(14,15)9-3-8(4-10(16)6-9)7-1-2-18-11(17)5-7/h3-4,6-7,11,16-17H,1-2,5H2. The highest BCUT2D eigenvalue weighted by Crippen LogP contribution is 2.37. The summed E-state index contributed by atoms with van der Waals surface area (Å²) in [4.78, 5) is 0. The van der Waals surface area contributed by atoms with Crippen LogP contribution in [0.5, 0.6) is 5.75 Å². The molecule has 1 fully saturated rings. The van der Waals surface area contributed by atoms with Crippen LogP contribution >= 0.6 is 0 Å². The monoisotopic (exact) mass is 262 g/mol. The molecular weight excluding hydrogens is 249 g/mol. The first-order valence-electron chi connectivity index (χ1n) is 5.57. The number of rotatable bonds is 1. The van der Waals surface area contributed by atoms with Gasteiger partial charge in [0.25, 0.3) is 0 Å². The smallest absolute Gasteiger partial charge is 0.416 e. The summed E-state index contributed by atoms with van der Waals surface area (Å²) >= 11 is 0. The summed E-state index contributed by atoms with van der Waals surface area (Å²) in [5, 5.41) is 18.7. The summed E-state index contributed by atoms with van der Waals surface area (Å²) in [5.41, 5.74) is -0.497. The maximum atomic E-state index is 12.6. The molecule has 6 heteroatoms. The topological polar surface area (TPSA) is 49.7 Å². The molecule has 1 heterocycles. The van der Waals surface area contributed by atoms with Crippen LogP contribution in [-0.2, 0) is 10.9 Å². The Balaban J connectivity index is 2.30. The molecule has 2 rings (SSSR count).